The van der Waals surface area contributed by atoms with Gasteiger partial charge in [0.2, 0.25) is 0 Å². The van der Waals surface area contributed by atoms with Crippen LogP contribution in [0.25, 0.3) is 11.0 Å². The molecule has 0 aliphatic carbocycles. The molecule has 3 rings (SSSR count). The highest BCUT2D eigenvalue weighted by Gasteiger charge is 2.12. The lowest BCUT2D eigenvalue weighted by Crippen LogP contribution is -2.13. The van der Waals surface area contributed by atoms with E-state index in [0.29, 0.717) is 17.0 Å². The van der Waals surface area contributed by atoms with Crippen molar-refractivity contribution in [1.82, 2.24) is 9.97 Å². The number of aromatic nitrogens is 2. The number of methoxy groups -OCH3 is 1. The monoisotopic (exact) mass is 307 g/mol. The van der Waals surface area contributed by atoms with Gasteiger partial charge < -0.3 is 10.1 Å². The van der Waals surface area contributed by atoms with E-state index in [2.05, 4.69) is 15.3 Å². The summed E-state index contributed by atoms with van der Waals surface area (Å²) in [6.45, 7) is 3.85. The fourth-order valence-corrected chi connectivity index (χ4v) is 2.34. The van der Waals surface area contributed by atoms with Crippen molar-refractivity contribution in [1.29, 1.82) is 0 Å². The Morgan fingerprint density at radius 3 is 2.43 bits per heavy atom. The van der Waals surface area contributed by atoms with Crippen molar-refractivity contribution in [2.75, 3.05) is 12.4 Å². The van der Waals surface area contributed by atoms with Gasteiger partial charge >= 0.3 is 0 Å². The van der Waals surface area contributed by atoms with Crippen LogP contribution in [0.15, 0.2) is 42.5 Å². The van der Waals surface area contributed by atoms with Crippen LogP contribution in [0.4, 0.5) is 5.69 Å². The zero-order valence-corrected chi connectivity index (χ0v) is 13.3. The van der Waals surface area contributed by atoms with Crippen LogP contribution in [0, 0.1) is 13.8 Å². The molecule has 1 amide bonds. The van der Waals surface area contributed by atoms with Crippen molar-refractivity contribution in [2.24, 2.45) is 0 Å². The Balaban J connectivity index is 1.92. The highest BCUT2D eigenvalue weighted by atomic mass is 16.5. The van der Waals surface area contributed by atoms with Crippen molar-refractivity contribution in [3.8, 4) is 5.75 Å². The number of carbonyl (C=O) groups excluding carboxylic acids is 1. The second kappa shape index (κ2) is 6.04. The van der Waals surface area contributed by atoms with Crippen LogP contribution in [0.1, 0.15) is 21.7 Å². The number of amides is 1. The number of nitrogens with one attached hydrogen (secondary N) is 1. The summed E-state index contributed by atoms with van der Waals surface area (Å²) in [7, 11) is 1.54. The number of fused-ring (bicyclic) bond motifs is 1. The lowest BCUT2D eigenvalue weighted by molar-refractivity contribution is 0.102. The molecule has 0 saturated carbocycles. The van der Waals surface area contributed by atoms with Crippen LogP contribution in [-0.4, -0.2) is 23.0 Å². The Kier molecular flexibility index (Phi) is 3.93. The van der Waals surface area contributed by atoms with Crippen LogP contribution in [0.3, 0.4) is 0 Å². The number of para-hydroxylation sites is 1. The van der Waals surface area contributed by atoms with Gasteiger partial charge in [-0.15, -0.1) is 0 Å². The standard InChI is InChI=1S/C18H17N3O2/c1-11-12(2)20-16-10-13(8-9-15(16)19-11)21-18(22)14-6-4-5-7-17(14)23-3/h4-10H,1-3H3,(H,21,22). The molecule has 0 atom stereocenters. The van der Waals surface area contributed by atoms with Crippen LogP contribution >= 0.6 is 0 Å². The average molecular weight is 307 g/mol. The number of hydrogen-bond acceptors (Lipinski definition) is 4. The number of rotatable bonds is 3. The van der Waals surface area contributed by atoms with E-state index in [-0.39, 0.29) is 5.91 Å². The van der Waals surface area contributed by atoms with Crippen molar-refractivity contribution in [3.05, 3.63) is 59.4 Å². The minimum Gasteiger partial charge on any atom is -0.496 e. The maximum Gasteiger partial charge on any atom is 0.259 e. The van der Waals surface area contributed by atoms with Crippen molar-refractivity contribution in [3.63, 3.8) is 0 Å². The fourth-order valence-electron chi connectivity index (χ4n) is 2.34. The summed E-state index contributed by atoms with van der Waals surface area (Å²) in [6, 6.07) is 12.6. The smallest absolute Gasteiger partial charge is 0.259 e. The molecule has 3 aromatic rings. The molecule has 116 valence electrons. The molecule has 2 aromatic carbocycles. The Morgan fingerprint density at radius 2 is 1.70 bits per heavy atom. The normalized spacial score (nSPS) is 10.6. The second-order valence-electron chi connectivity index (χ2n) is 5.25. The number of hydrogen-bond donors (Lipinski definition) is 1. The molecule has 0 bridgehead atoms. The van der Waals surface area contributed by atoms with Gasteiger partial charge in [0.15, 0.2) is 0 Å². The van der Waals surface area contributed by atoms with E-state index in [1.807, 2.05) is 38.1 Å². The molecule has 1 heterocycles. The Labute approximate surface area is 134 Å². The summed E-state index contributed by atoms with van der Waals surface area (Å²) < 4.78 is 5.22. The first-order valence-corrected chi connectivity index (χ1v) is 7.28. The highest BCUT2D eigenvalue weighted by molar-refractivity contribution is 6.06. The number of aryl methyl sites for hydroxylation is 2. The minimum absolute atomic E-state index is 0.224. The van der Waals surface area contributed by atoms with Gasteiger partial charge in [-0.2, -0.15) is 0 Å². The summed E-state index contributed by atoms with van der Waals surface area (Å²) in [5.41, 5.74) is 4.51. The Hall–Kier alpha value is -2.95. The number of carbonyl (C=O) groups is 1. The molecule has 1 aromatic heterocycles. The first-order valence-electron chi connectivity index (χ1n) is 7.28. The lowest BCUT2D eigenvalue weighted by atomic mass is 10.1. The molecule has 1 N–H and O–H groups in total. The van der Waals surface area contributed by atoms with E-state index in [1.165, 1.54) is 0 Å². The fraction of sp³-hybridized carbons (Fsp3) is 0.167. The third-order valence-corrected chi connectivity index (χ3v) is 3.68. The highest BCUT2D eigenvalue weighted by Crippen LogP contribution is 2.21. The predicted octanol–water partition coefficient (Wildman–Crippen LogP) is 3.51. The average Bonchev–Trinajstić information content (AvgIpc) is 2.56. The van der Waals surface area contributed by atoms with E-state index < -0.39 is 0 Å². The zero-order chi connectivity index (χ0) is 16.4. The quantitative estimate of drug-likeness (QED) is 0.804. The first-order chi connectivity index (χ1) is 11.1. The third kappa shape index (κ3) is 2.99. The number of anilines is 1. The van der Waals surface area contributed by atoms with Gasteiger partial charge in [-0.1, -0.05) is 12.1 Å². The van der Waals surface area contributed by atoms with E-state index in [1.54, 1.807) is 25.3 Å². The molecule has 0 radical (unpaired) electrons. The van der Waals surface area contributed by atoms with Crippen LogP contribution in [0.2, 0.25) is 0 Å². The molecule has 0 aliphatic heterocycles. The maximum absolute atomic E-state index is 12.4. The molecule has 0 saturated heterocycles. The SMILES string of the molecule is COc1ccccc1C(=O)Nc1ccc2nc(C)c(C)nc2c1. The van der Waals surface area contributed by atoms with E-state index >= 15 is 0 Å². The molecule has 5 nitrogen and oxygen atoms in total. The van der Waals surface area contributed by atoms with Crippen LogP contribution in [0.5, 0.6) is 5.75 Å². The molecule has 0 unspecified atom stereocenters. The number of ether oxygens (including phenoxy) is 1. The zero-order valence-electron chi connectivity index (χ0n) is 13.3. The van der Waals surface area contributed by atoms with Crippen molar-refractivity contribution < 1.29 is 9.53 Å². The molecule has 0 spiro atoms. The molecule has 0 fully saturated rings. The minimum atomic E-state index is -0.224. The van der Waals surface area contributed by atoms with Gasteiger partial charge in [0.1, 0.15) is 5.75 Å². The molecule has 23 heavy (non-hydrogen) atoms. The number of nitrogens with zero attached hydrogens (tertiary/aromatic N) is 2. The van der Waals surface area contributed by atoms with Gasteiger partial charge in [-0.25, -0.2) is 9.97 Å². The molecule has 0 aliphatic rings. The van der Waals surface area contributed by atoms with E-state index in [9.17, 15) is 4.79 Å². The van der Waals surface area contributed by atoms with E-state index in [0.717, 1.165) is 22.4 Å². The van der Waals surface area contributed by atoms with Crippen LogP contribution < -0.4 is 10.1 Å². The van der Waals surface area contributed by atoms with Gasteiger partial charge in [0.25, 0.3) is 5.91 Å². The largest absolute Gasteiger partial charge is 0.496 e. The van der Waals surface area contributed by atoms with Crippen molar-refractivity contribution in [2.45, 2.75) is 13.8 Å². The van der Waals surface area contributed by atoms with Gasteiger partial charge in [0.05, 0.1) is 35.1 Å². The molecule has 5 heteroatoms. The summed E-state index contributed by atoms with van der Waals surface area (Å²) in [4.78, 5) is 21.4. The predicted molar refractivity (Wildman–Crippen MR) is 90.0 cm³/mol. The Bertz CT molecular complexity index is 891. The van der Waals surface area contributed by atoms with E-state index in [4.69, 9.17) is 4.74 Å². The summed E-state index contributed by atoms with van der Waals surface area (Å²) >= 11 is 0. The van der Waals surface area contributed by atoms with Gasteiger partial charge in [-0.05, 0) is 44.2 Å². The molecular formula is C18H17N3O2. The van der Waals surface area contributed by atoms with Crippen LogP contribution in [-0.2, 0) is 0 Å². The second-order valence-corrected chi connectivity index (χ2v) is 5.25. The summed E-state index contributed by atoms with van der Waals surface area (Å²) in [6.07, 6.45) is 0. The molecular weight excluding hydrogens is 290 g/mol. The number of benzene rings is 2. The topological polar surface area (TPSA) is 64.1 Å². The third-order valence-electron chi connectivity index (χ3n) is 3.68. The lowest BCUT2D eigenvalue weighted by Gasteiger charge is -2.10. The maximum atomic E-state index is 12.4. The summed E-state index contributed by atoms with van der Waals surface area (Å²) in [5.74, 6) is 0.315. The van der Waals surface area contributed by atoms with Crippen molar-refractivity contribution >= 4 is 22.6 Å². The van der Waals surface area contributed by atoms with Gasteiger partial charge in [-0.3, -0.25) is 4.79 Å². The first kappa shape index (κ1) is 15.0. The summed E-state index contributed by atoms with van der Waals surface area (Å²) in [5, 5.41) is 2.87. The van der Waals surface area contributed by atoms with Gasteiger partial charge in [0, 0.05) is 5.69 Å². The Morgan fingerprint density at radius 1 is 1.00 bits per heavy atom.